The number of aliphatic hydroxyl groups excluding tert-OH is 1. The molecule has 0 atom stereocenters. The van der Waals surface area contributed by atoms with Gasteiger partial charge in [-0.2, -0.15) is 0 Å². The Balaban J connectivity index is 2.51. The number of carbonyl (C=O) groups is 1. The van der Waals surface area contributed by atoms with Gasteiger partial charge in [0, 0.05) is 24.4 Å². The van der Waals surface area contributed by atoms with Crippen molar-refractivity contribution in [3.63, 3.8) is 0 Å². The van der Waals surface area contributed by atoms with Crippen molar-refractivity contribution in [2.75, 3.05) is 18.5 Å². The first-order valence-corrected chi connectivity index (χ1v) is 4.48. The lowest BCUT2D eigenvalue weighted by Crippen LogP contribution is -2.10. The number of carbonyl (C=O) groups excluding carboxylic acids is 1. The summed E-state index contributed by atoms with van der Waals surface area (Å²) in [6, 6.07) is 6.92. The van der Waals surface area contributed by atoms with Crippen LogP contribution in [0.2, 0.25) is 0 Å². The Labute approximate surface area is 82.7 Å². The summed E-state index contributed by atoms with van der Waals surface area (Å²) in [5, 5.41) is 11.7. The van der Waals surface area contributed by atoms with Crippen molar-refractivity contribution in [3.05, 3.63) is 29.8 Å². The van der Waals surface area contributed by atoms with E-state index in [1.54, 1.807) is 24.3 Å². The minimum atomic E-state index is -0.424. The second-order valence-corrected chi connectivity index (χ2v) is 2.95. The van der Waals surface area contributed by atoms with Gasteiger partial charge < -0.3 is 16.2 Å². The molecule has 0 aromatic heterocycles. The van der Waals surface area contributed by atoms with Gasteiger partial charge in [-0.25, -0.2) is 0 Å². The number of amides is 1. The van der Waals surface area contributed by atoms with Gasteiger partial charge in [-0.3, -0.25) is 4.79 Å². The molecule has 0 aliphatic rings. The molecule has 0 aliphatic heterocycles. The summed E-state index contributed by atoms with van der Waals surface area (Å²) in [5.74, 6) is -0.424. The Hall–Kier alpha value is -1.55. The fourth-order valence-electron chi connectivity index (χ4n) is 1.06. The Morgan fingerprint density at radius 1 is 1.36 bits per heavy atom. The number of hydrogen-bond donors (Lipinski definition) is 3. The lowest BCUT2D eigenvalue weighted by atomic mass is 10.2. The van der Waals surface area contributed by atoms with Crippen LogP contribution in [0.4, 0.5) is 5.69 Å². The van der Waals surface area contributed by atoms with E-state index in [1.165, 1.54) is 0 Å². The van der Waals surface area contributed by atoms with Crippen molar-refractivity contribution in [1.82, 2.24) is 0 Å². The summed E-state index contributed by atoms with van der Waals surface area (Å²) in [7, 11) is 0. The summed E-state index contributed by atoms with van der Waals surface area (Å²) >= 11 is 0. The van der Waals surface area contributed by atoms with E-state index < -0.39 is 5.91 Å². The molecular weight excluding hydrogens is 180 g/mol. The third-order valence-electron chi connectivity index (χ3n) is 1.83. The van der Waals surface area contributed by atoms with Crippen LogP contribution in [0.1, 0.15) is 16.8 Å². The Kier molecular flexibility index (Phi) is 3.94. The van der Waals surface area contributed by atoms with E-state index in [9.17, 15) is 4.79 Å². The van der Waals surface area contributed by atoms with E-state index >= 15 is 0 Å². The molecule has 4 nitrogen and oxygen atoms in total. The third kappa shape index (κ3) is 3.06. The van der Waals surface area contributed by atoms with Crippen LogP contribution in [-0.4, -0.2) is 24.2 Å². The third-order valence-corrected chi connectivity index (χ3v) is 1.83. The van der Waals surface area contributed by atoms with Gasteiger partial charge in [0.15, 0.2) is 0 Å². The lowest BCUT2D eigenvalue weighted by molar-refractivity contribution is 0.100. The number of nitrogens with two attached hydrogens (primary N) is 1. The second-order valence-electron chi connectivity index (χ2n) is 2.95. The number of benzene rings is 1. The second kappa shape index (κ2) is 5.24. The molecule has 1 amide bonds. The summed E-state index contributed by atoms with van der Waals surface area (Å²) in [4.78, 5) is 10.7. The SMILES string of the molecule is NC(=O)c1ccc(NCCCO)cc1. The van der Waals surface area contributed by atoms with Crippen molar-refractivity contribution < 1.29 is 9.90 Å². The zero-order chi connectivity index (χ0) is 10.4. The van der Waals surface area contributed by atoms with Crippen LogP contribution >= 0.6 is 0 Å². The minimum Gasteiger partial charge on any atom is -0.396 e. The van der Waals surface area contributed by atoms with E-state index in [0.717, 1.165) is 5.69 Å². The summed E-state index contributed by atoms with van der Waals surface area (Å²) in [5.41, 5.74) is 6.51. The maximum Gasteiger partial charge on any atom is 0.248 e. The lowest BCUT2D eigenvalue weighted by Gasteiger charge is -2.04. The Morgan fingerprint density at radius 3 is 2.50 bits per heavy atom. The van der Waals surface area contributed by atoms with Gasteiger partial charge in [-0.15, -0.1) is 0 Å². The maximum atomic E-state index is 10.7. The number of nitrogens with one attached hydrogen (secondary N) is 1. The van der Waals surface area contributed by atoms with E-state index in [-0.39, 0.29) is 6.61 Å². The number of anilines is 1. The number of rotatable bonds is 5. The fraction of sp³-hybridized carbons (Fsp3) is 0.300. The van der Waals surface area contributed by atoms with Crippen molar-refractivity contribution in [1.29, 1.82) is 0 Å². The zero-order valence-corrected chi connectivity index (χ0v) is 7.86. The zero-order valence-electron chi connectivity index (χ0n) is 7.86. The molecule has 0 radical (unpaired) electrons. The normalized spacial score (nSPS) is 9.79. The number of aliphatic hydroxyl groups is 1. The van der Waals surface area contributed by atoms with Crippen molar-refractivity contribution in [2.24, 2.45) is 5.73 Å². The van der Waals surface area contributed by atoms with E-state index in [4.69, 9.17) is 10.8 Å². The molecule has 0 unspecified atom stereocenters. The largest absolute Gasteiger partial charge is 0.396 e. The Bertz CT molecular complexity index is 295. The van der Waals surface area contributed by atoms with Crippen LogP contribution in [0.15, 0.2) is 24.3 Å². The van der Waals surface area contributed by atoms with Gasteiger partial charge >= 0.3 is 0 Å². The molecule has 0 saturated heterocycles. The van der Waals surface area contributed by atoms with Crippen molar-refractivity contribution >= 4 is 11.6 Å². The molecule has 1 rings (SSSR count). The predicted molar refractivity (Wildman–Crippen MR) is 55.2 cm³/mol. The molecule has 0 heterocycles. The number of hydrogen-bond acceptors (Lipinski definition) is 3. The molecule has 4 heteroatoms. The van der Waals surface area contributed by atoms with Gasteiger partial charge in [0.1, 0.15) is 0 Å². The highest BCUT2D eigenvalue weighted by Crippen LogP contribution is 2.08. The van der Waals surface area contributed by atoms with Gasteiger partial charge in [-0.1, -0.05) is 0 Å². The highest BCUT2D eigenvalue weighted by Gasteiger charge is 1.98. The summed E-state index contributed by atoms with van der Waals surface area (Å²) in [6.45, 7) is 0.888. The predicted octanol–water partition coefficient (Wildman–Crippen LogP) is 0.580. The minimum absolute atomic E-state index is 0.173. The van der Waals surface area contributed by atoms with Gasteiger partial charge in [-0.05, 0) is 30.7 Å². The molecule has 0 aliphatic carbocycles. The maximum absolute atomic E-state index is 10.7. The molecule has 0 saturated carbocycles. The summed E-state index contributed by atoms with van der Waals surface area (Å²) in [6.07, 6.45) is 0.706. The van der Waals surface area contributed by atoms with Crippen LogP contribution in [0, 0.1) is 0 Å². The standard InChI is InChI=1S/C10H14N2O2/c11-10(14)8-2-4-9(5-3-8)12-6-1-7-13/h2-5,12-13H,1,6-7H2,(H2,11,14). The summed E-state index contributed by atoms with van der Waals surface area (Å²) < 4.78 is 0. The molecule has 0 fully saturated rings. The highest BCUT2D eigenvalue weighted by atomic mass is 16.3. The van der Waals surface area contributed by atoms with Crippen LogP contribution in [0.3, 0.4) is 0 Å². The number of primary amides is 1. The van der Waals surface area contributed by atoms with Crippen molar-refractivity contribution in [3.8, 4) is 0 Å². The van der Waals surface area contributed by atoms with Crippen LogP contribution in [-0.2, 0) is 0 Å². The first kappa shape index (κ1) is 10.5. The highest BCUT2D eigenvalue weighted by molar-refractivity contribution is 5.93. The average molecular weight is 194 g/mol. The molecule has 1 aromatic rings. The molecule has 14 heavy (non-hydrogen) atoms. The van der Waals surface area contributed by atoms with Gasteiger partial charge in [0.25, 0.3) is 0 Å². The Morgan fingerprint density at radius 2 is 2.00 bits per heavy atom. The molecule has 1 aromatic carbocycles. The van der Waals surface area contributed by atoms with Crippen molar-refractivity contribution in [2.45, 2.75) is 6.42 Å². The van der Waals surface area contributed by atoms with Gasteiger partial charge in [0.2, 0.25) is 5.91 Å². The average Bonchev–Trinajstić information content (AvgIpc) is 2.19. The molecule has 0 spiro atoms. The van der Waals surface area contributed by atoms with E-state index in [0.29, 0.717) is 18.5 Å². The molecule has 76 valence electrons. The van der Waals surface area contributed by atoms with Crippen LogP contribution in [0.5, 0.6) is 0 Å². The molecule has 0 bridgehead atoms. The van der Waals surface area contributed by atoms with Gasteiger partial charge in [0.05, 0.1) is 0 Å². The first-order valence-electron chi connectivity index (χ1n) is 4.48. The quantitative estimate of drug-likeness (QED) is 0.600. The fourth-order valence-corrected chi connectivity index (χ4v) is 1.06. The van der Waals surface area contributed by atoms with Crippen LogP contribution in [0.25, 0.3) is 0 Å². The first-order chi connectivity index (χ1) is 6.74. The van der Waals surface area contributed by atoms with E-state index in [2.05, 4.69) is 5.32 Å². The monoisotopic (exact) mass is 194 g/mol. The van der Waals surface area contributed by atoms with Crippen LogP contribution < -0.4 is 11.1 Å². The molecule has 4 N–H and O–H groups in total. The topological polar surface area (TPSA) is 75.4 Å². The molecular formula is C10H14N2O2. The smallest absolute Gasteiger partial charge is 0.248 e. The van der Waals surface area contributed by atoms with E-state index in [1.807, 2.05) is 0 Å².